The highest BCUT2D eigenvalue weighted by molar-refractivity contribution is 7.15. The quantitative estimate of drug-likeness (QED) is 0.327. The van der Waals surface area contributed by atoms with E-state index in [1.165, 1.54) is 16.9 Å². The summed E-state index contributed by atoms with van der Waals surface area (Å²) in [5.41, 5.74) is 3.26. The number of thiazole rings is 1. The summed E-state index contributed by atoms with van der Waals surface area (Å²) < 4.78 is 7.49. The summed E-state index contributed by atoms with van der Waals surface area (Å²) in [6, 6.07) is 15.6. The summed E-state index contributed by atoms with van der Waals surface area (Å²) in [7, 11) is 0. The molecule has 32 heavy (non-hydrogen) atoms. The Morgan fingerprint density at radius 2 is 1.84 bits per heavy atom. The normalized spacial score (nSPS) is 11.6. The molecular weight excluding hydrogens is 444 g/mol. The topological polar surface area (TPSA) is 68.5 Å². The van der Waals surface area contributed by atoms with Crippen LogP contribution in [-0.2, 0) is 10.2 Å². The number of ether oxygens (including phenoxy) is 1. The van der Waals surface area contributed by atoms with Crippen molar-refractivity contribution in [3.8, 4) is 17.0 Å². The number of nitrogens with one attached hydrogen (secondary N) is 1. The fourth-order valence-electron chi connectivity index (χ4n) is 3.21. The molecule has 0 spiro atoms. The number of rotatable bonds is 7. The van der Waals surface area contributed by atoms with E-state index in [-0.39, 0.29) is 11.3 Å². The van der Waals surface area contributed by atoms with Gasteiger partial charge >= 0.3 is 0 Å². The summed E-state index contributed by atoms with van der Waals surface area (Å²) >= 11 is 7.44. The van der Waals surface area contributed by atoms with E-state index >= 15 is 0 Å². The monoisotopic (exact) mass is 468 g/mol. The van der Waals surface area contributed by atoms with Crippen LogP contribution in [0.15, 0.2) is 53.9 Å². The van der Waals surface area contributed by atoms with Gasteiger partial charge in [-0.2, -0.15) is 4.98 Å². The molecule has 0 aliphatic heterocycles. The lowest BCUT2D eigenvalue weighted by Crippen LogP contribution is -2.14. The first-order valence-electron chi connectivity index (χ1n) is 10.4. The number of carbonyl (C=O) groups excluding carboxylic acids is 1. The van der Waals surface area contributed by atoms with Crippen molar-refractivity contribution in [3.05, 3.63) is 64.5 Å². The average Bonchev–Trinajstić information content (AvgIpc) is 3.32. The Balaban J connectivity index is 1.28. The van der Waals surface area contributed by atoms with Crippen LogP contribution in [0.4, 0.5) is 5.95 Å². The highest BCUT2D eigenvalue weighted by Crippen LogP contribution is 2.27. The Hall–Kier alpha value is -2.90. The van der Waals surface area contributed by atoms with E-state index in [2.05, 4.69) is 48.3 Å². The highest BCUT2D eigenvalue weighted by Gasteiger charge is 2.14. The maximum atomic E-state index is 12.3. The lowest BCUT2D eigenvalue weighted by atomic mass is 9.87. The Morgan fingerprint density at radius 3 is 2.53 bits per heavy atom. The van der Waals surface area contributed by atoms with E-state index in [1.54, 1.807) is 4.52 Å². The fourth-order valence-corrected chi connectivity index (χ4v) is 4.17. The number of benzene rings is 2. The summed E-state index contributed by atoms with van der Waals surface area (Å²) in [5, 5.41) is 9.87. The second-order valence-electron chi connectivity index (χ2n) is 8.53. The van der Waals surface area contributed by atoms with Crippen molar-refractivity contribution in [2.45, 2.75) is 39.0 Å². The molecule has 2 heterocycles. The molecule has 0 radical (unpaired) electrons. The predicted octanol–water partition coefficient (Wildman–Crippen LogP) is 6.21. The number of carbonyl (C=O) groups is 1. The third-order valence-electron chi connectivity index (χ3n) is 5.01. The fraction of sp³-hybridized carbons (Fsp3) is 0.292. The lowest BCUT2D eigenvalue weighted by molar-refractivity contribution is -0.116. The van der Waals surface area contributed by atoms with Gasteiger partial charge < -0.3 is 4.74 Å². The summed E-state index contributed by atoms with van der Waals surface area (Å²) in [6.45, 7) is 7.00. The van der Waals surface area contributed by atoms with Crippen molar-refractivity contribution < 1.29 is 9.53 Å². The molecule has 0 saturated carbocycles. The van der Waals surface area contributed by atoms with E-state index < -0.39 is 0 Å². The van der Waals surface area contributed by atoms with Gasteiger partial charge in [-0.1, -0.05) is 56.6 Å². The maximum Gasteiger partial charge on any atom is 0.250 e. The minimum Gasteiger partial charge on any atom is -0.494 e. The SMILES string of the molecule is CC(C)(C)c1ccc(OCCCC(=O)Nc2nc3scc(-c4ccc(Cl)cc4)n3n2)cc1. The van der Waals surface area contributed by atoms with Crippen LogP contribution in [0, 0.1) is 0 Å². The molecule has 4 rings (SSSR count). The largest absolute Gasteiger partial charge is 0.494 e. The molecule has 8 heteroatoms. The van der Waals surface area contributed by atoms with E-state index in [4.69, 9.17) is 16.3 Å². The van der Waals surface area contributed by atoms with Crippen LogP contribution in [0.5, 0.6) is 5.75 Å². The Bertz CT molecular complexity index is 1210. The first kappa shape index (κ1) is 22.3. The van der Waals surface area contributed by atoms with Crippen LogP contribution in [0.1, 0.15) is 39.2 Å². The summed E-state index contributed by atoms with van der Waals surface area (Å²) in [4.78, 5) is 17.4. The van der Waals surface area contributed by atoms with Gasteiger partial charge in [-0.25, -0.2) is 4.52 Å². The number of fused-ring (bicyclic) bond motifs is 1. The van der Waals surface area contributed by atoms with Crippen LogP contribution in [0.2, 0.25) is 5.02 Å². The lowest BCUT2D eigenvalue weighted by Gasteiger charge is -2.19. The zero-order chi connectivity index (χ0) is 22.7. The molecule has 0 unspecified atom stereocenters. The van der Waals surface area contributed by atoms with Gasteiger partial charge in [-0.15, -0.1) is 16.4 Å². The molecule has 4 aromatic rings. The van der Waals surface area contributed by atoms with Gasteiger partial charge in [0.15, 0.2) is 0 Å². The average molecular weight is 469 g/mol. The zero-order valence-corrected chi connectivity index (χ0v) is 19.8. The third kappa shape index (κ3) is 5.29. The zero-order valence-electron chi connectivity index (χ0n) is 18.3. The van der Waals surface area contributed by atoms with Gasteiger partial charge in [-0.05, 0) is 41.7 Å². The Kier molecular flexibility index (Phi) is 6.48. The van der Waals surface area contributed by atoms with Crippen LogP contribution in [0.3, 0.4) is 0 Å². The summed E-state index contributed by atoms with van der Waals surface area (Å²) in [6.07, 6.45) is 0.933. The molecule has 1 amide bonds. The standard InChI is InChI=1S/C24H25ClN4O2S/c1-24(2,3)17-8-12-19(13-9-17)31-14-4-5-21(30)26-22-27-23-29(28-22)20(15-32-23)16-6-10-18(25)11-7-16/h6-13,15H,4-5,14H2,1-3H3,(H,26,28,30). The van der Waals surface area contributed by atoms with Crippen molar-refractivity contribution in [1.29, 1.82) is 0 Å². The minimum atomic E-state index is -0.136. The molecule has 2 aromatic carbocycles. The molecule has 2 aromatic heterocycles. The first-order valence-corrected chi connectivity index (χ1v) is 11.7. The minimum absolute atomic E-state index is 0.113. The number of amides is 1. The number of halogens is 1. The molecule has 6 nitrogen and oxygen atoms in total. The molecule has 166 valence electrons. The van der Waals surface area contributed by atoms with Crippen LogP contribution in [-0.4, -0.2) is 27.1 Å². The molecule has 1 N–H and O–H groups in total. The van der Waals surface area contributed by atoms with Crippen molar-refractivity contribution in [3.63, 3.8) is 0 Å². The Morgan fingerprint density at radius 1 is 1.12 bits per heavy atom. The van der Waals surface area contributed by atoms with Gasteiger partial charge in [0.2, 0.25) is 16.8 Å². The van der Waals surface area contributed by atoms with Gasteiger partial charge in [0.1, 0.15) is 5.75 Å². The van der Waals surface area contributed by atoms with Crippen molar-refractivity contribution >= 4 is 39.8 Å². The molecule has 0 saturated heterocycles. The number of nitrogens with zero attached hydrogens (tertiary/aromatic N) is 3. The second-order valence-corrected chi connectivity index (χ2v) is 9.81. The second kappa shape index (κ2) is 9.30. The molecular formula is C24H25ClN4O2S. The van der Waals surface area contributed by atoms with E-state index in [9.17, 15) is 4.79 Å². The first-order chi connectivity index (χ1) is 15.3. The van der Waals surface area contributed by atoms with Gasteiger partial charge in [-0.3, -0.25) is 10.1 Å². The third-order valence-corrected chi connectivity index (χ3v) is 6.08. The molecule has 0 bridgehead atoms. The van der Waals surface area contributed by atoms with Crippen molar-refractivity contribution in [1.82, 2.24) is 14.6 Å². The van der Waals surface area contributed by atoms with Crippen LogP contribution >= 0.6 is 22.9 Å². The van der Waals surface area contributed by atoms with Crippen LogP contribution < -0.4 is 10.1 Å². The van der Waals surface area contributed by atoms with Gasteiger partial charge in [0.25, 0.3) is 0 Å². The number of aromatic nitrogens is 3. The highest BCUT2D eigenvalue weighted by atomic mass is 35.5. The molecule has 0 atom stereocenters. The number of anilines is 1. The molecule has 0 fully saturated rings. The van der Waals surface area contributed by atoms with E-state index in [0.717, 1.165) is 17.0 Å². The Labute approximate surface area is 196 Å². The van der Waals surface area contributed by atoms with Gasteiger partial charge in [0.05, 0.1) is 12.3 Å². The number of hydrogen-bond donors (Lipinski definition) is 1. The summed E-state index contributed by atoms with van der Waals surface area (Å²) in [5.74, 6) is 0.975. The van der Waals surface area contributed by atoms with Crippen molar-refractivity contribution in [2.24, 2.45) is 0 Å². The number of hydrogen-bond acceptors (Lipinski definition) is 5. The van der Waals surface area contributed by atoms with Crippen molar-refractivity contribution in [2.75, 3.05) is 11.9 Å². The van der Waals surface area contributed by atoms with E-state index in [1.807, 2.05) is 41.8 Å². The predicted molar refractivity (Wildman–Crippen MR) is 130 cm³/mol. The smallest absolute Gasteiger partial charge is 0.250 e. The van der Waals surface area contributed by atoms with E-state index in [0.29, 0.717) is 35.4 Å². The molecule has 0 aliphatic rings. The maximum absolute atomic E-state index is 12.3. The molecule has 0 aliphatic carbocycles. The van der Waals surface area contributed by atoms with Gasteiger partial charge in [0, 0.05) is 22.4 Å². The van der Waals surface area contributed by atoms with Crippen LogP contribution in [0.25, 0.3) is 16.2 Å².